The van der Waals surface area contributed by atoms with Crippen molar-refractivity contribution in [3.63, 3.8) is 0 Å². The van der Waals surface area contributed by atoms with Gasteiger partial charge in [-0.05, 0) is 38.3 Å². The Bertz CT molecular complexity index is 720. The highest BCUT2D eigenvalue weighted by Gasteiger charge is 2.33. The van der Waals surface area contributed by atoms with Gasteiger partial charge >= 0.3 is 0 Å². The molecule has 0 atom stereocenters. The van der Waals surface area contributed by atoms with Crippen LogP contribution in [0, 0.1) is 0 Å². The molecular formula is C19H27N3O3. The fraction of sp³-hybridized carbons (Fsp3) is 0.579. The minimum Gasteiger partial charge on any atom is -0.389 e. The number of carbonyl (C=O) groups is 1. The van der Waals surface area contributed by atoms with Crippen molar-refractivity contribution >= 4 is 22.9 Å². The summed E-state index contributed by atoms with van der Waals surface area (Å²) in [5.41, 5.74) is 0.998. The van der Waals surface area contributed by atoms with Crippen molar-refractivity contribution in [2.45, 2.75) is 57.6 Å². The van der Waals surface area contributed by atoms with Gasteiger partial charge in [0.2, 0.25) is 11.9 Å². The molecule has 6 heteroatoms. The molecule has 0 spiro atoms. The lowest BCUT2D eigenvalue weighted by atomic mass is 9.98. The number of hydrogen-bond donors (Lipinski definition) is 2. The number of benzene rings is 1. The molecule has 2 N–H and O–H groups in total. The number of ether oxygens (including phenoxy) is 1. The predicted octanol–water partition coefficient (Wildman–Crippen LogP) is 3.10. The van der Waals surface area contributed by atoms with Gasteiger partial charge in [0.25, 0.3) is 0 Å². The Morgan fingerprint density at radius 1 is 1.36 bits per heavy atom. The highest BCUT2D eigenvalue weighted by molar-refractivity contribution is 5.92. The van der Waals surface area contributed by atoms with Gasteiger partial charge < -0.3 is 14.4 Å². The van der Waals surface area contributed by atoms with Gasteiger partial charge in [-0.25, -0.2) is 4.98 Å². The summed E-state index contributed by atoms with van der Waals surface area (Å²) in [4.78, 5) is 17.0. The first-order valence-electron chi connectivity index (χ1n) is 9.16. The van der Waals surface area contributed by atoms with Crippen LogP contribution in [-0.2, 0) is 16.1 Å². The van der Waals surface area contributed by atoms with Crippen molar-refractivity contribution in [3.05, 3.63) is 24.3 Å². The van der Waals surface area contributed by atoms with E-state index in [0.717, 1.165) is 36.8 Å². The zero-order chi connectivity index (χ0) is 17.7. The van der Waals surface area contributed by atoms with E-state index in [1.54, 1.807) is 0 Å². The Hall–Kier alpha value is -1.92. The first-order chi connectivity index (χ1) is 12.1. The van der Waals surface area contributed by atoms with Crippen LogP contribution >= 0.6 is 0 Å². The smallest absolute Gasteiger partial charge is 0.229 e. The fourth-order valence-corrected chi connectivity index (χ4v) is 3.54. The summed E-state index contributed by atoms with van der Waals surface area (Å²) >= 11 is 0. The molecule has 0 unspecified atom stereocenters. The van der Waals surface area contributed by atoms with Crippen molar-refractivity contribution < 1.29 is 14.6 Å². The highest BCUT2D eigenvalue weighted by Crippen LogP contribution is 2.32. The minimum absolute atomic E-state index is 0.134. The number of aliphatic hydroxyl groups is 1. The van der Waals surface area contributed by atoms with Gasteiger partial charge in [0.15, 0.2) is 0 Å². The van der Waals surface area contributed by atoms with E-state index < -0.39 is 5.60 Å². The average molecular weight is 345 g/mol. The number of fused-ring (bicyclic) bond motifs is 1. The van der Waals surface area contributed by atoms with Crippen LogP contribution in [0.1, 0.15) is 45.4 Å². The third kappa shape index (κ3) is 4.38. The largest absolute Gasteiger partial charge is 0.389 e. The lowest BCUT2D eigenvalue weighted by Crippen LogP contribution is -2.31. The zero-order valence-corrected chi connectivity index (χ0v) is 14.8. The molecule has 0 bridgehead atoms. The van der Waals surface area contributed by atoms with E-state index in [-0.39, 0.29) is 12.3 Å². The number of aryl methyl sites for hydroxylation is 1. The number of anilines is 1. The molecule has 0 saturated heterocycles. The minimum atomic E-state index is -0.851. The second kappa shape index (κ2) is 7.97. The van der Waals surface area contributed by atoms with E-state index in [4.69, 9.17) is 4.74 Å². The number of nitrogens with zero attached hydrogens (tertiary/aromatic N) is 2. The third-order valence-electron chi connectivity index (χ3n) is 4.80. The van der Waals surface area contributed by atoms with Gasteiger partial charge in [-0.3, -0.25) is 10.1 Å². The second-order valence-corrected chi connectivity index (χ2v) is 6.78. The summed E-state index contributed by atoms with van der Waals surface area (Å²) in [6.07, 6.45) is 4.35. The maximum atomic E-state index is 12.4. The summed E-state index contributed by atoms with van der Waals surface area (Å²) in [6, 6.07) is 7.85. The topological polar surface area (TPSA) is 76.4 Å². The maximum Gasteiger partial charge on any atom is 0.229 e. The summed E-state index contributed by atoms with van der Waals surface area (Å²) in [5.74, 6) is 0.370. The number of aromatic nitrogens is 2. The van der Waals surface area contributed by atoms with Crippen LogP contribution in [0.25, 0.3) is 11.0 Å². The van der Waals surface area contributed by atoms with Gasteiger partial charge in [-0.1, -0.05) is 25.0 Å². The van der Waals surface area contributed by atoms with Crippen molar-refractivity contribution in [3.8, 4) is 0 Å². The molecule has 1 saturated carbocycles. The lowest BCUT2D eigenvalue weighted by molar-refractivity contribution is -0.120. The first-order valence-corrected chi connectivity index (χ1v) is 9.16. The molecule has 1 fully saturated rings. The van der Waals surface area contributed by atoms with Crippen LogP contribution in [0.2, 0.25) is 0 Å². The Kier molecular flexibility index (Phi) is 5.71. The third-order valence-corrected chi connectivity index (χ3v) is 4.80. The van der Waals surface area contributed by atoms with E-state index in [0.29, 0.717) is 32.0 Å². The molecule has 136 valence electrons. The van der Waals surface area contributed by atoms with Crippen LogP contribution in [0.3, 0.4) is 0 Å². The predicted molar refractivity (Wildman–Crippen MR) is 97.5 cm³/mol. The summed E-state index contributed by atoms with van der Waals surface area (Å²) in [5, 5.41) is 13.3. The number of nitrogens with one attached hydrogen (secondary N) is 1. The first kappa shape index (κ1) is 17.9. The van der Waals surface area contributed by atoms with Gasteiger partial charge in [-0.2, -0.15) is 0 Å². The van der Waals surface area contributed by atoms with E-state index in [2.05, 4.69) is 10.3 Å². The molecule has 1 heterocycles. The molecule has 1 aromatic heterocycles. The number of amides is 1. The normalized spacial score (nSPS) is 16.4. The number of hydrogen-bond acceptors (Lipinski definition) is 4. The molecule has 2 aromatic rings. The molecule has 25 heavy (non-hydrogen) atoms. The summed E-state index contributed by atoms with van der Waals surface area (Å²) in [7, 11) is 0. The monoisotopic (exact) mass is 345 g/mol. The van der Waals surface area contributed by atoms with Crippen molar-refractivity contribution in [2.75, 3.05) is 18.5 Å². The fourth-order valence-electron chi connectivity index (χ4n) is 3.54. The van der Waals surface area contributed by atoms with E-state index >= 15 is 0 Å². The molecule has 0 aliphatic heterocycles. The second-order valence-electron chi connectivity index (χ2n) is 6.78. The van der Waals surface area contributed by atoms with E-state index in [1.165, 1.54) is 0 Å². The van der Waals surface area contributed by atoms with Gasteiger partial charge in [0.1, 0.15) is 0 Å². The number of rotatable bonds is 8. The Balaban J connectivity index is 1.73. The molecule has 6 nitrogen and oxygen atoms in total. The Morgan fingerprint density at radius 2 is 2.12 bits per heavy atom. The number of imidazole rings is 1. The number of para-hydroxylation sites is 2. The van der Waals surface area contributed by atoms with Crippen LogP contribution < -0.4 is 5.32 Å². The van der Waals surface area contributed by atoms with Gasteiger partial charge in [-0.15, -0.1) is 0 Å². The van der Waals surface area contributed by atoms with E-state index in [9.17, 15) is 9.90 Å². The summed E-state index contributed by atoms with van der Waals surface area (Å²) in [6.45, 7) is 4.08. The van der Waals surface area contributed by atoms with Gasteiger partial charge in [0.05, 0.1) is 23.1 Å². The average Bonchev–Trinajstić information content (AvgIpc) is 3.15. The van der Waals surface area contributed by atoms with Crippen molar-refractivity contribution in [2.24, 2.45) is 0 Å². The van der Waals surface area contributed by atoms with E-state index in [1.807, 2.05) is 35.8 Å². The Morgan fingerprint density at radius 3 is 2.88 bits per heavy atom. The van der Waals surface area contributed by atoms with Crippen molar-refractivity contribution in [1.29, 1.82) is 0 Å². The Labute approximate surface area is 148 Å². The molecule has 0 radical (unpaired) electrons. The lowest BCUT2D eigenvalue weighted by Gasteiger charge is -2.21. The maximum absolute atomic E-state index is 12.4. The summed E-state index contributed by atoms with van der Waals surface area (Å²) < 4.78 is 7.43. The molecule has 1 aromatic carbocycles. The molecule has 1 aliphatic rings. The number of carbonyl (C=O) groups excluding carboxylic acids is 1. The van der Waals surface area contributed by atoms with Crippen LogP contribution in [-0.4, -0.2) is 39.4 Å². The van der Waals surface area contributed by atoms with Crippen LogP contribution in [0.5, 0.6) is 0 Å². The standard InChI is InChI=1S/C19H27N3O3/c1-2-25-13-7-12-22-16-9-4-3-8-15(16)20-18(22)21-17(23)14-19(24)10-5-6-11-19/h3-4,8-9,24H,2,5-7,10-14H2,1H3,(H,20,21,23). The van der Waals surface area contributed by atoms with Crippen LogP contribution in [0.4, 0.5) is 5.95 Å². The molecule has 1 aliphatic carbocycles. The molecular weight excluding hydrogens is 318 g/mol. The molecule has 1 amide bonds. The van der Waals surface area contributed by atoms with Crippen molar-refractivity contribution in [1.82, 2.24) is 9.55 Å². The highest BCUT2D eigenvalue weighted by atomic mass is 16.5. The van der Waals surface area contributed by atoms with Crippen LogP contribution in [0.15, 0.2) is 24.3 Å². The quantitative estimate of drug-likeness (QED) is 0.721. The molecule has 3 rings (SSSR count). The van der Waals surface area contributed by atoms with Gasteiger partial charge in [0, 0.05) is 19.8 Å². The SMILES string of the molecule is CCOCCCn1c(NC(=O)CC2(O)CCCC2)nc2ccccc21. The zero-order valence-electron chi connectivity index (χ0n) is 14.8.